The highest BCUT2D eigenvalue weighted by molar-refractivity contribution is 5.80. The SMILES string of the molecule is COc1ccc(CCNc2nc3ccc(CNc4cc(C)cc(C)c4)cc3n2Cc2nc(C)ccc2O)cc1. The van der Waals surface area contributed by atoms with Gasteiger partial charge in [-0.3, -0.25) is 4.98 Å². The van der Waals surface area contributed by atoms with Gasteiger partial charge in [-0.05, 0) is 98.0 Å². The number of anilines is 2. The van der Waals surface area contributed by atoms with E-state index in [9.17, 15) is 5.11 Å². The van der Waals surface area contributed by atoms with Crippen molar-refractivity contribution < 1.29 is 9.84 Å². The lowest BCUT2D eigenvalue weighted by Crippen LogP contribution is -2.12. The van der Waals surface area contributed by atoms with Crippen LogP contribution in [0.2, 0.25) is 0 Å². The van der Waals surface area contributed by atoms with Crippen molar-refractivity contribution in [3.05, 3.63) is 106 Å². The van der Waals surface area contributed by atoms with E-state index < -0.39 is 0 Å². The van der Waals surface area contributed by atoms with Crippen molar-refractivity contribution in [3.63, 3.8) is 0 Å². The zero-order valence-electron chi connectivity index (χ0n) is 23.0. The first-order valence-electron chi connectivity index (χ1n) is 13.2. The maximum Gasteiger partial charge on any atom is 0.204 e. The van der Waals surface area contributed by atoms with E-state index in [1.54, 1.807) is 13.2 Å². The molecule has 200 valence electrons. The molecular formula is C32H35N5O2. The lowest BCUT2D eigenvalue weighted by Gasteiger charge is -2.13. The molecular weight excluding hydrogens is 486 g/mol. The Hall–Kier alpha value is -4.52. The van der Waals surface area contributed by atoms with E-state index >= 15 is 0 Å². The summed E-state index contributed by atoms with van der Waals surface area (Å²) >= 11 is 0. The summed E-state index contributed by atoms with van der Waals surface area (Å²) in [6.07, 6.45) is 0.840. The fourth-order valence-corrected chi connectivity index (χ4v) is 4.83. The molecule has 0 radical (unpaired) electrons. The average molecular weight is 522 g/mol. The maximum atomic E-state index is 10.5. The minimum absolute atomic E-state index is 0.180. The second-order valence-electron chi connectivity index (χ2n) is 10.0. The average Bonchev–Trinajstić information content (AvgIpc) is 3.25. The van der Waals surface area contributed by atoms with Crippen LogP contribution in [0.1, 0.15) is 33.6 Å². The van der Waals surface area contributed by atoms with Crippen molar-refractivity contribution in [1.82, 2.24) is 14.5 Å². The largest absolute Gasteiger partial charge is 0.506 e. The number of methoxy groups -OCH3 is 1. The summed E-state index contributed by atoms with van der Waals surface area (Å²) in [7, 11) is 1.67. The molecule has 0 aliphatic heterocycles. The number of aryl methyl sites for hydroxylation is 3. The first-order valence-corrected chi connectivity index (χ1v) is 13.2. The molecule has 39 heavy (non-hydrogen) atoms. The van der Waals surface area contributed by atoms with E-state index in [-0.39, 0.29) is 5.75 Å². The van der Waals surface area contributed by atoms with Gasteiger partial charge in [-0.25, -0.2) is 4.98 Å². The molecule has 0 saturated carbocycles. The second-order valence-corrected chi connectivity index (χ2v) is 10.0. The first-order chi connectivity index (χ1) is 18.9. The zero-order valence-corrected chi connectivity index (χ0v) is 23.0. The number of aromatic nitrogens is 3. The highest BCUT2D eigenvalue weighted by atomic mass is 16.5. The van der Waals surface area contributed by atoms with E-state index in [1.165, 1.54) is 16.7 Å². The van der Waals surface area contributed by atoms with Crippen LogP contribution in [0.5, 0.6) is 11.5 Å². The van der Waals surface area contributed by atoms with E-state index in [0.717, 1.165) is 46.1 Å². The third-order valence-electron chi connectivity index (χ3n) is 6.78. The van der Waals surface area contributed by atoms with Gasteiger partial charge in [-0.2, -0.15) is 0 Å². The smallest absolute Gasteiger partial charge is 0.204 e. The number of benzene rings is 3. The van der Waals surface area contributed by atoms with Gasteiger partial charge in [-0.15, -0.1) is 0 Å². The van der Waals surface area contributed by atoms with Crippen LogP contribution in [-0.2, 0) is 19.5 Å². The van der Waals surface area contributed by atoms with Crippen LogP contribution < -0.4 is 15.4 Å². The second kappa shape index (κ2) is 11.5. The molecule has 0 aliphatic carbocycles. The molecule has 0 fully saturated rings. The topological polar surface area (TPSA) is 84.2 Å². The molecule has 0 amide bonds. The molecule has 7 heteroatoms. The molecule has 3 aromatic carbocycles. The Bertz CT molecular complexity index is 1570. The summed E-state index contributed by atoms with van der Waals surface area (Å²) in [5, 5.41) is 17.6. The standard InChI is InChI=1S/C32H35N5O2/c1-21-15-22(2)17-26(16-21)34-19-25-8-11-28-30(18-25)37(20-29-31(38)12-5-23(3)35-29)32(36-28)33-14-13-24-6-9-27(39-4)10-7-24/h5-12,15-18,34,38H,13-14,19-20H2,1-4H3,(H,33,36). The van der Waals surface area contributed by atoms with E-state index in [1.807, 2.05) is 25.1 Å². The van der Waals surface area contributed by atoms with Crippen molar-refractivity contribution in [3.8, 4) is 11.5 Å². The van der Waals surface area contributed by atoms with Crippen LogP contribution in [0.15, 0.2) is 72.8 Å². The van der Waals surface area contributed by atoms with Crippen LogP contribution in [0.25, 0.3) is 11.0 Å². The van der Waals surface area contributed by atoms with Crippen molar-refractivity contribution >= 4 is 22.7 Å². The van der Waals surface area contributed by atoms with Crippen LogP contribution in [-0.4, -0.2) is 33.3 Å². The molecule has 0 aliphatic rings. The molecule has 2 aromatic heterocycles. The van der Waals surface area contributed by atoms with Gasteiger partial charge in [0.1, 0.15) is 17.2 Å². The van der Waals surface area contributed by atoms with Crippen LogP contribution in [0, 0.1) is 20.8 Å². The van der Waals surface area contributed by atoms with E-state index in [2.05, 4.69) is 82.6 Å². The zero-order chi connectivity index (χ0) is 27.4. The number of pyridine rings is 1. The number of nitrogens with zero attached hydrogens (tertiary/aromatic N) is 3. The molecule has 7 nitrogen and oxygen atoms in total. The quantitative estimate of drug-likeness (QED) is 0.198. The number of hydrogen-bond acceptors (Lipinski definition) is 6. The summed E-state index contributed by atoms with van der Waals surface area (Å²) in [4.78, 5) is 9.51. The fraction of sp³-hybridized carbons (Fsp3) is 0.250. The molecule has 0 bridgehead atoms. The van der Waals surface area contributed by atoms with E-state index in [0.29, 0.717) is 25.3 Å². The Morgan fingerprint density at radius 3 is 2.31 bits per heavy atom. The van der Waals surface area contributed by atoms with Gasteiger partial charge in [-0.1, -0.05) is 24.3 Å². The highest BCUT2D eigenvalue weighted by Gasteiger charge is 2.15. The summed E-state index contributed by atoms with van der Waals surface area (Å²) in [5.74, 6) is 1.78. The fourth-order valence-electron chi connectivity index (χ4n) is 4.83. The molecule has 5 aromatic rings. The Kier molecular flexibility index (Phi) is 7.68. The first kappa shape index (κ1) is 26.1. The number of imidazole rings is 1. The van der Waals surface area contributed by atoms with Gasteiger partial charge >= 0.3 is 0 Å². The lowest BCUT2D eigenvalue weighted by atomic mass is 10.1. The number of aromatic hydroxyl groups is 1. The van der Waals surface area contributed by atoms with Crippen molar-refractivity contribution in [1.29, 1.82) is 0 Å². The molecule has 5 rings (SSSR count). The van der Waals surface area contributed by atoms with E-state index in [4.69, 9.17) is 9.72 Å². The minimum atomic E-state index is 0.180. The molecule has 0 saturated heterocycles. The van der Waals surface area contributed by atoms with Crippen LogP contribution >= 0.6 is 0 Å². The maximum absolute atomic E-state index is 10.5. The summed E-state index contributed by atoms with van der Waals surface area (Å²) in [5.41, 5.74) is 9.30. The number of rotatable bonds is 10. The number of hydrogen-bond donors (Lipinski definition) is 3. The summed E-state index contributed by atoms with van der Waals surface area (Å²) < 4.78 is 7.37. The van der Waals surface area contributed by atoms with Crippen LogP contribution in [0.4, 0.5) is 11.6 Å². The van der Waals surface area contributed by atoms with Crippen molar-refractivity contribution in [2.24, 2.45) is 0 Å². The lowest BCUT2D eigenvalue weighted by molar-refractivity contribution is 0.414. The summed E-state index contributed by atoms with van der Waals surface area (Å²) in [6, 6.07) is 24.5. The van der Waals surface area contributed by atoms with Crippen molar-refractivity contribution in [2.75, 3.05) is 24.3 Å². The summed E-state index contributed by atoms with van der Waals surface area (Å²) in [6.45, 7) is 7.96. The number of nitrogens with one attached hydrogen (secondary N) is 2. The van der Waals surface area contributed by atoms with Crippen LogP contribution in [0.3, 0.4) is 0 Å². The van der Waals surface area contributed by atoms with Gasteiger partial charge < -0.3 is 25.0 Å². The number of fused-ring (bicyclic) bond motifs is 1. The Morgan fingerprint density at radius 2 is 1.56 bits per heavy atom. The van der Waals surface area contributed by atoms with Gasteiger partial charge in [0.15, 0.2) is 0 Å². The molecule has 3 N–H and O–H groups in total. The van der Waals surface area contributed by atoms with Gasteiger partial charge in [0.25, 0.3) is 0 Å². The predicted octanol–water partition coefficient (Wildman–Crippen LogP) is 6.39. The van der Waals surface area contributed by atoms with Gasteiger partial charge in [0.2, 0.25) is 5.95 Å². The molecule has 2 heterocycles. The molecule has 0 atom stereocenters. The highest BCUT2D eigenvalue weighted by Crippen LogP contribution is 2.26. The third kappa shape index (κ3) is 6.32. The molecule has 0 unspecified atom stereocenters. The van der Waals surface area contributed by atoms with Crippen molar-refractivity contribution in [2.45, 2.75) is 40.3 Å². The Labute approximate surface area is 229 Å². The Balaban J connectivity index is 1.41. The minimum Gasteiger partial charge on any atom is -0.506 e. The normalized spacial score (nSPS) is 11.1. The molecule has 0 spiro atoms. The van der Waals surface area contributed by atoms with Gasteiger partial charge in [0, 0.05) is 24.5 Å². The number of ether oxygens (including phenoxy) is 1. The third-order valence-corrected chi connectivity index (χ3v) is 6.78. The Morgan fingerprint density at radius 1 is 0.821 bits per heavy atom. The monoisotopic (exact) mass is 521 g/mol. The predicted molar refractivity (Wildman–Crippen MR) is 158 cm³/mol. The van der Waals surface area contributed by atoms with Gasteiger partial charge in [0.05, 0.1) is 24.7 Å².